The minimum Gasteiger partial charge on any atom is -0.497 e. The van der Waals surface area contributed by atoms with E-state index in [0.29, 0.717) is 11.4 Å². The predicted octanol–water partition coefficient (Wildman–Crippen LogP) is 3.16. The van der Waals surface area contributed by atoms with Gasteiger partial charge in [-0.05, 0) is 48.4 Å². The minimum absolute atomic E-state index is 0.341. The van der Waals surface area contributed by atoms with Crippen molar-refractivity contribution < 1.29 is 9.53 Å². The van der Waals surface area contributed by atoms with Gasteiger partial charge in [-0.3, -0.25) is 9.89 Å². The minimum atomic E-state index is -0.350. The van der Waals surface area contributed by atoms with Crippen molar-refractivity contribution in [2.45, 2.75) is 6.92 Å². The van der Waals surface area contributed by atoms with E-state index in [4.69, 9.17) is 4.74 Å². The number of carbonyl (C=O) groups excluding carboxylic acids is 1. The molecule has 2 aromatic carbocycles. The van der Waals surface area contributed by atoms with Gasteiger partial charge in [-0.15, -0.1) is 0 Å². The lowest BCUT2D eigenvalue weighted by Gasteiger charge is -2.00. The number of nitrogens with one attached hydrogen (secondary N) is 2. The van der Waals surface area contributed by atoms with Gasteiger partial charge < -0.3 is 4.74 Å². The second-order valence-electron chi connectivity index (χ2n) is 5.45. The van der Waals surface area contributed by atoms with E-state index >= 15 is 0 Å². The van der Waals surface area contributed by atoms with Gasteiger partial charge in [0.2, 0.25) is 0 Å². The van der Waals surface area contributed by atoms with Crippen LogP contribution in [0.1, 0.15) is 21.6 Å². The zero-order valence-electron chi connectivity index (χ0n) is 14.0. The van der Waals surface area contributed by atoms with Gasteiger partial charge in [0.25, 0.3) is 5.91 Å². The van der Waals surface area contributed by atoms with Gasteiger partial charge in [0.1, 0.15) is 11.4 Å². The molecule has 0 bridgehead atoms. The zero-order valence-corrected chi connectivity index (χ0v) is 14.0. The number of H-pyrrole nitrogens is 1. The number of hydrogen-bond acceptors (Lipinski definition) is 4. The standard InChI is InChI=1S/C19H18N4O2/c1-13-5-3-4-6-15(13)12-20-23-19(24)18-11-17(21-22-18)14-7-9-16(25-2)10-8-14/h3-12H,1-2H3,(H,21,22)(H,23,24)/b20-12-. The van der Waals surface area contributed by atoms with Crippen molar-refractivity contribution >= 4 is 12.1 Å². The molecular weight excluding hydrogens is 316 g/mol. The average molecular weight is 334 g/mol. The summed E-state index contributed by atoms with van der Waals surface area (Å²) in [5.41, 5.74) is 6.44. The maximum atomic E-state index is 12.1. The number of ether oxygens (including phenoxy) is 1. The van der Waals surface area contributed by atoms with E-state index in [0.717, 1.165) is 22.4 Å². The van der Waals surface area contributed by atoms with Crippen LogP contribution in [0.4, 0.5) is 0 Å². The molecule has 6 heteroatoms. The number of aryl methyl sites for hydroxylation is 1. The number of carbonyl (C=O) groups is 1. The number of aromatic amines is 1. The van der Waals surface area contributed by atoms with Crippen molar-refractivity contribution in [3.05, 3.63) is 71.4 Å². The fraction of sp³-hybridized carbons (Fsp3) is 0.105. The molecule has 1 heterocycles. The first-order valence-electron chi connectivity index (χ1n) is 7.76. The van der Waals surface area contributed by atoms with Crippen molar-refractivity contribution in [1.82, 2.24) is 15.6 Å². The van der Waals surface area contributed by atoms with Crippen molar-refractivity contribution in [3.8, 4) is 17.0 Å². The predicted molar refractivity (Wildman–Crippen MR) is 96.8 cm³/mol. The van der Waals surface area contributed by atoms with Crippen LogP contribution in [-0.4, -0.2) is 29.4 Å². The molecule has 3 rings (SSSR count). The molecule has 6 nitrogen and oxygen atoms in total. The van der Waals surface area contributed by atoms with Crippen molar-refractivity contribution in [3.63, 3.8) is 0 Å². The number of methoxy groups -OCH3 is 1. The highest BCUT2D eigenvalue weighted by molar-refractivity contribution is 5.94. The van der Waals surface area contributed by atoms with Gasteiger partial charge in [-0.25, -0.2) is 5.43 Å². The average Bonchev–Trinajstić information content (AvgIpc) is 3.13. The van der Waals surface area contributed by atoms with Gasteiger partial charge in [0, 0.05) is 5.56 Å². The van der Waals surface area contributed by atoms with Crippen LogP contribution in [0.15, 0.2) is 59.7 Å². The molecule has 0 aliphatic carbocycles. The van der Waals surface area contributed by atoms with Gasteiger partial charge in [-0.2, -0.15) is 10.2 Å². The quantitative estimate of drug-likeness (QED) is 0.556. The van der Waals surface area contributed by atoms with E-state index in [1.54, 1.807) is 19.4 Å². The van der Waals surface area contributed by atoms with Crippen LogP contribution in [0.3, 0.4) is 0 Å². The SMILES string of the molecule is COc1ccc(-c2cc(C(=O)N/N=C\c3ccccc3C)[nH]n2)cc1. The number of rotatable bonds is 5. The summed E-state index contributed by atoms with van der Waals surface area (Å²) in [6.07, 6.45) is 1.62. The van der Waals surface area contributed by atoms with Gasteiger partial charge in [-0.1, -0.05) is 24.3 Å². The maximum absolute atomic E-state index is 12.1. The molecule has 126 valence electrons. The third kappa shape index (κ3) is 3.92. The van der Waals surface area contributed by atoms with Crippen LogP contribution in [0, 0.1) is 6.92 Å². The summed E-state index contributed by atoms with van der Waals surface area (Å²) in [4.78, 5) is 12.1. The Bertz CT molecular complexity index is 898. The highest BCUT2D eigenvalue weighted by Crippen LogP contribution is 2.21. The van der Waals surface area contributed by atoms with Crippen LogP contribution < -0.4 is 10.2 Å². The maximum Gasteiger partial charge on any atom is 0.289 e. The smallest absolute Gasteiger partial charge is 0.289 e. The Morgan fingerprint density at radius 1 is 1.20 bits per heavy atom. The summed E-state index contributed by atoms with van der Waals surface area (Å²) in [6, 6.07) is 16.9. The third-order valence-corrected chi connectivity index (χ3v) is 3.77. The van der Waals surface area contributed by atoms with E-state index in [-0.39, 0.29) is 5.91 Å². The van der Waals surface area contributed by atoms with E-state index < -0.39 is 0 Å². The number of amides is 1. The lowest BCUT2D eigenvalue weighted by Crippen LogP contribution is -2.18. The Morgan fingerprint density at radius 2 is 1.96 bits per heavy atom. The van der Waals surface area contributed by atoms with E-state index in [9.17, 15) is 4.79 Å². The van der Waals surface area contributed by atoms with Crippen LogP contribution >= 0.6 is 0 Å². The van der Waals surface area contributed by atoms with E-state index in [1.807, 2.05) is 55.5 Å². The van der Waals surface area contributed by atoms with E-state index in [1.165, 1.54) is 0 Å². The first kappa shape index (κ1) is 16.4. The van der Waals surface area contributed by atoms with Crippen LogP contribution in [0.5, 0.6) is 5.75 Å². The molecule has 0 atom stereocenters. The van der Waals surface area contributed by atoms with Crippen molar-refractivity contribution in [1.29, 1.82) is 0 Å². The fourth-order valence-electron chi connectivity index (χ4n) is 2.30. The molecule has 0 radical (unpaired) electrons. The monoisotopic (exact) mass is 334 g/mol. The number of hydrazone groups is 1. The van der Waals surface area contributed by atoms with Gasteiger partial charge in [0.05, 0.1) is 19.0 Å². The highest BCUT2D eigenvalue weighted by atomic mass is 16.5. The summed E-state index contributed by atoms with van der Waals surface area (Å²) in [5.74, 6) is 0.417. The highest BCUT2D eigenvalue weighted by Gasteiger charge is 2.10. The van der Waals surface area contributed by atoms with Crippen molar-refractivity contribution in [2.24, 2.45) is 5.10 Å². The lowest BCUT2D eigenvalue weighted by molar-refractivity contribution is 0.0950. The third-order valence-electron chi connectivity index (χ3n) is 3.77. The molecule has 0 spiro atoms. The summed E-state index contributed by atoms with van der Waals surface area (Å²) < 4.78 is 5.13. The van der Waals surface area contributed by atoms with E-state index in [2.05, 4.69) is 20.7 Å². The molecule has 0 aliphatic rings. The number of aromatic nitrogens is 2. The first-order chi connectivity index (χ1) is 12.2. The molecule has 0 aliphatic heterocycles. The molecule has 1 amide bonds. The molecule has 1 aromatic heterocycles. The molecular formula is C19H18N4O2. The number of nitrogens with zero attached hydrogens (tertiary/aromatic N) is 2. The second-order valence-corrected chi connectivity index (χ2v) is 5.45. The summed E-state index contributed by atoms with van der Waals surface area (Å²) in [6.45, 7) is 1.99. The Morgan fingerprint density at radius 3 is 2.68 bits per heavy atom. The Labute approximate surface area is 145 Å². The molecule has 2 N–H and O–H groups in total. The summed E-state index contributed by atoms with van der Waals surface area (Å²) >= 11 is 0. The fourth-order valence-corrected chi connectivity index (χ4v) is 2.30. The van der Waals surface area contributed by atoms with Gasteiger partial charge in [0.15, 0.2) is 0 Å². The Hall–Kier alpha value is -3.41. The van der Waals surface area contributed by atoms with Crippen LogP contribution in [-0.2, 0) is 0 Å². The van der Waals surface area contributed by atoms with Crippen LogP contribution in [0.25, 0.3) is 11.3 Å². The number of benzene rings is 2. The molecule has 0 saturated heterocycles. The Balaban J connectivity index is 1.67. The first-order valence-corrected chi connectivity index (χ1v) is 7.76. The zero-order chi connectivity index (χ0) is 17.6. The summed E-state index contributed by atoms with van der Waals surface area (Å²) in [5, 5.41) is 10.9. The molecule has 3 aromatic rings. The van der Waals surface area contributed by atoms with Crippen LogP contribution in [0.2, 0.25) is 0 Å². The molecule has 0 saturated carbocycles. The molecule has 0 unspecified atom stereocenters. The molecule has 25 heavy (non-hydrogen) atoms. The summed E-state index contributed by atoms with van der Waals surface area (Å²) in [7, 11) is 1.61. The lowest BCUT2D eigenvalue weighted by atomic mass is 10.1. The van der Waals surface area contributed by atoms with Crippen molar-refractivity contribution in [2.75, 3.05) is 7.11 Å². The topological polar surface area (TPSA) is 79.4 Å². The Kier molecular flexibility index (Phi) is 4.89. The second kappa shape index (κ2) is 7.44. The normalized spacial score (nSPS) is 10.8. The largest absolute Gasteiger partial charge is 0.497 e. The molecule has 0 fully saturated rings. The van der Waals surface area contributed by atoms with Gasteiger partial charge >= 0.3 is 0 Å². The number of hydrogen-bond donors (Lipinski definition) is 2.